The van der Waals surface area contributed by atoms with Gasteiger partial charge in [-0.25, -0.2) is 0 Å². The van der Waals surface area contributed by atoms with Crippen molar-refractivity contribution in [1.82, 2.24) is 0 Å². The third kappa shape index (κ3) is 1.20. The summed E-state index contributed by atoms with van der Waals surface area (Å²) in [6, 6.07) is 0.556. The van der Waals surface area contributed by atoms with Gasteiger partial charge in [0.2, 0.25) is 0 Å². The zero-order valence-electron chi connectivity index (χ0n) is 7.30. The lowest BCUT2D eigenvalue weighted by atomic mass is 10.0. The van der Waals surface area contributed by atoms with E-state index in [1.54, 1.807) is 0 Å². The fraction of sp³-hybridized carbons (Fsp3) is 1.00. The van der Waals surface area contributed by atoms with Crippen molar-refractivity contribution in [3.8, 4) is 0 Å². The van der Waals surface area contributed by atoms with Gasteiger partial charge in [0.1, 0.15) is 0 Å². The highest BCUT2D eigenvalue weighted by Crippen LogP contribution is 2.53. The Hall–Kier alpha value is -0.0400. The molecule has 4 atom stereocenters. The van der Waals surface area contributed by atoms with E-state index in [1.165, 1.54) is 12.8 Å². The van der Waals surface area contributed by atoms with Gasteiger partial charge < -0.3 is 5.73 Å². The molecule has 2 rings (SSSR count). The van der Waals surface area contributed by atoms with E-state index >= 15 is 0 Å². The molecule has 0 bridgehead atoms. The first kappa shape index (κ1) is 8.06. The van der Waals surface area contributed by atoms with E-state index < -0.39 is 0 Å². The lowest BCUT2D eigenvalue weighted by Gasteiger charge is -2.10. The molecule has 0 aromatic rings. The van der Waals surface area contributed by atoms with Gasteiger partial charge in [-0.2, -0.15) is 0 Å². The summed E-state index contributed by atoms with van der Waals surface area (Å²) in [5.41, 5.74) is 5.86. The molecule has 0 aliphatic heterocycles. The molecule has 0 aromatic heterocycles. The Morgan fingerprint density at radius 1 is 1.20 bits per heavy atom. The van der Waals surface area contributed by atoms with E-state index in [1.807, 2.05) is 13.8 Å². The van der Waals surface area contributed by atoms with Gasteiger partial charge in [-0.15, -0.1) is 0 Å². The van der Waals surface area contributed by atoms with Crippen molar-refractivity contribution >= 4 is 0 Å². The predicted molar refractivity (Wildman–Crippen MR) is 44.7 cm³/mol. The predicted octanol–water partition coefficient (Wildman–Crippen LogP) is 2.02. The van der Waals surface area contributed by atoms with E-state index in [9.17, 15) is 0 Å². The molecule has 60 valence electrons. The standard InChI is InChI=1S/C7H13N.C2H6/c1-4-2-5-3-6(5)7(4)8;1-2/h4-7H,2-3,8H2,1H3;1-2H3. The summed E-state index contributed by atoms with van der Waals surface area (Å²) in [5, 5.41) is 0. The van der Waals surface area contributed by atoms with Gasteiger partial charge in [0, 0.05) is 6.04 Å². The van der Waals surface area contributed by atoms with Crippen LogP contribution in [0.15, 0.2) is 0 Å². The molecule has 10 heavy (non-hydrogen) atoms. The van der Waals surface area contributed by atoms with Crippen LogP contribution in [0.2, 0.25) is 0 Å². The first-order chi connectivity index (χ1) is 4.79. The van der Waals surface area contributed by atoms with Crippen molar-refractivity contribution in [2.75, 3.05) is 0 Å². The molecule has 2 saturated carbocycles. The van der Waals surface area contributed by atoms with Crippen LogP contribution in [0.3, 0.4) is 0 Å². The average molecular weight is 141 g/mol. The summed E-state index contributed by atoms with van der Waals surface area (Å²) in [7, 11) is 0. The number of fused-ring (bicyclic) bond motifs is 1. The molecule has 0 spiro atoms. The molecular weight excluding hydrogens is 122 g/mol. The number of nitrogens with two attached hydrogens (primary N) is 1. The van der Waals surface area contributed by atoms with Crippen LogP contribution in [0.5, 0.6) is 0 Å². The highest BCUT2D eigenvalue weighted by Gasteiger charge is 2.49. The van der Waals surface area contributed by atoms with Gasteiger partial charge in [0.25, 0.3) is 0 Å². The Morgan fingerprint density at radius 3 is 2.00 bits per heavy atom. The van der Waals surface area contributed by atoms with Crippen molar-refractivity contribution < 1.29 is 0 Å². The second kappa shape index (κ2) is 2.91. The molecule has 2 aliphatic rings. The molecule has 2 aliphatic carbocycles. The Kier molecular flexibility index (Phi) is 2.35. The second-order valence-corrected chi connectivity index (χ2v) is 3.45. The minimum Gasteiger partial charge on any atom is -0.327 e. The zero-order chi connectivity index (χ0) is 7.72. The van der Waals surface area contributed by atoms with Crippen LogP contribution in [0.1, 0.15) is 33.6 Å². The van der Waals surface area contributed by atoms with Crippen molar-refractivity contribution in [1.29, 1.82) is 0 Å². The average Bonchev–Trinajstić information content (AvgIpc) is 2.65. The molecule has 1 heteroatoms. The first-order valence-electron chi connectivity index (χ1n) is 4.54. The molecule has 2 N–H and O–H groups in total. The van der Waals surface area contributed by atoms with Crippen LogP contribution >= 0.6 is 0 Å². The van der Waals surface area contributed by atoms with Crippen LogP contribution in [0.4, 0.5) is 0 Å². The maximum atomic E-state index is 5.86. The van der Waals surface area contributed by atoms with E-state index in [0.717, 1.165) is 17.8 Å². The van der Waals surface area contributed by atoms with Crippen LogP contribution < -0.4 is 5.73 Å². The number of rotatable bonds is 0. The van der Waals surface area contributed by atoms with E-state index in [-0.39, 0.29) is 0 Å². The second-order valence-electron chi connectivity index (χ2n) is 3.45. The fourth-order valence-electron chi connectivity index (χ4n) is 2.07. The number of hydrogen-bond acceptors (Lipinski definition) is 1. The van der Waals surface area contributed by atoms with E-state index in [4.69, 9.17) is 5.73 Å². The quantitative estimate of drug-likeness (QED) is 0.548. The van der Waals surface area contributed by atoms with Crippen molar-refractivity contribution in [3.63, 3.8) is 0 Å². The highest BCUT2D eigenvalue weighted by molar-refractivity contribution is 5.02. The monoisotopic (exact) mass is 141 g/mol. The Labute approximate surface area is 64.0 Å². The van der Waals surface area contributed by atoms with E-state index in [0.29, 0.717) is 6.04 Å². The smallest absolute Gasteiger partial charge is 0.00958 e. The van der Waals surface area contributed by atoms with Gasteiger partial charge in [-0.05, 0) is 30.6 Å². The van der Waals surface area contributed by atoms with Gasteiger partial charge >= 0.3 is 0 Å². The zero-order valence-corrected chi connectivity index (χ0v) is 7.30. The molecular formula is C9H19N. The van der Waals surface area contributed by atoms with Crippen LogP contribution in [-0.4, -0.2) is 6.04 Å². The van der Waals surface area contributed by atoms with Gasteiger partial charge in [-0.1, -0.05) is 20.8 Å². The lowest BCUT2D eigenvalue weighted by Crippen LogP contribution is -2.26. The third-order valence-electron chi connectivity index (χ3n) is 2.80. The maximum absolute atomic E-state index is 5.86. The molecule has 1 nitrogen and oxygen atoms in total. The van der Waals surface area contributed by atoms with Crippen LogP contribution in [0, 0.1) is 17.8 Å². The molecule has 4 unspecified atom stereocenters. The summed E-state index contributed by atoms with van der Waals surface area (Å²) in [4.78, 5) is 0. The fourth-order valence-corrected chi connectivity index (χ4v) is 2.07. The summed E-state index contributed by atoms with van der Waals surface area (Å²) in [6.07, 6.45) is 2.84. The largest absolute Gasteiger partial charge is 0.327 e. The van der Waals surface area contributed by atoms with E-state index in [2.05, 4.69) is 6.92 Å². The Balaban J connectivity index is 0.000000231. The van der Waals surface area contributed by atoms with Crippen molar-refractivity contribution in [3.05, 3.63) is 0 Å². The highest BCUT2D eigenvalue weighted by atomic mass is 14.8. The molecule has 0 heterocycles. The van der Waals surface area contributed by atoms with Crippen molar-refractivity contribution in [2.24, 2.45) is 23.5 Å². The minimum atomic E-state index is 0.556. The minimum absolute atomic E-state index is 0.556. The maximum Gasteiger partial charge on any atom is 0.00958 e. The summed E-state index contributed by atoms with van der Waals surface area (Å²) in [5.74, 6) is 2.80. The first-order valence-corrected chi connectivity index (χ1v) is 4.54. The lowest BCUT2D eigenvalue weighted by molar-refractivity contribution is 0.461. The third-order valence-corrected chi connectivity index (χ3v) is 2.80. The van der Waals surface area contributed by atoms with Crippen molar-refractivity contribution in [2.45, 2.75) is 39.7 Å². The normalized spacial score (nSPS) is 49.2. The van der Waals surface area contributed by atoms with Gasteiger partial charge in [0.15, 0.2) is 0 Å². The molecule has 0 radical (unpaired) electrons. The topological polar surface area (TPSA) is 26.0 Å². The Bertz CT molecular complexity index is 109. The van der Waals surface area contributed by atoms with Crippen LogP contribution in [-0.2, 0) is 0 Å². The molecule has 2 fully saturated rings. The van der Waals surface area contributed by atoms with Gasteiger partial charge in [0.05, 0.1) is 0 Å². The summed E-state index contributed by atoms with van der Waals surface area (Å²) in [6.45, 7) is 6.27. The summed E-state index contributed by atoms with van der Waals surface area (Å²) < 4.78 is 0. The molecule has 0 aromatic carbocycles. The molecule has 0 saturated heterocycles. The SMILES string of the molecule is CC.CC1CC2CC2C1N. The molecule has 0 amide bonds. The number of hydrogen-bond donors (Lipinski definition) is 1. The van der Waals surface area contributed by atoms with Gasteiger partial charge in [-0.3, -0.25) is 0 Å². The van der Waals surface area contributed by atoms with Crippen LogP contribution in [0.25, 0.3) is 0 Å². The Morgan fingerprint density at radius 2 is 1.80 bits per heavy atom. The summed E-state index contributed by atoms with van der Waals surface area (Å²) >= 11 is 0.